The summed E-state index contributed by atoms with van der Waals surface area (Å²) >= 11 is 1.32. The first-order chi connectivity index (χ1) is 12.1. The summed E-state index contributed by atoms with van der Waals surface area (Å²) in [6.45, 7) is 1.82. The number of hydrogen-bond acceptors (Lipinski definition) is 5. The SMILES string of the molecule is COc1cccc(NC(=O)C(C)Sc2nc3c(cc2C#N)CCC3)c1. The molecule has 2 aromatic rings. The van der Waals surface area contributed by atoms with Gasteiger partial charge in [-0.3, -0.25) is 4.79 Å². The molecule has 1 atom stereocenters. The van der Waals surface area contributed by atoms with E-state index in [2.05, 4.69) is 16.4 Å². The number of rotatable bonds is 5. The number of aromatic nitrogens is 1. The van der Waals surface area contributed by atoms with Crippen LogP contribution in [0.15, 0.2) is 35.4 Å². The van der Waals surface area contributed by atoms with Gasteiger partial charge in [-0.1, -0.05) is 17.8 Å². The van der Waals surface area contributed by atoms with Crippen molar-refractivity contribution in [2.75, 3.05) is 12.4 Å². The molecule has 128 valence electrons. The highest BCUT2D eigenvalue weighted by molar-refractivity contribution is 8.00. The highest BCUT2D eigenvalue weighted by Gasteiger charge is 2.21. The van der Waals surface area contributed by atoms with E-state index in [-0.39, 0.29) is 11.2 Å². The minimum Gasteiger partial charge on any atom is -0.497 e. The number of anilines is 1. The lowest BCUT2D eigenvalue weighted by molar-refractivity contribution is -0.115. The zero-order valence-electron chi connectivity index (χ0n) is 14.2. The molecular formula is C19H19N3O2S. The predicted octanol–water partition coefficient (Wildman–Crippen LogP) is 3.57. The third-order valence-electron chi connectivity index (χ3n) is 4.13. The van der Waals surface area contributed by atoms with Gasteiger partial charge >= 0.3 is 0 Å². The first-order valence-corrected chi connectivity index (χ1v) is 9.03. The number of nitrogens with one attached hydrogen (secondary N) is 1. The van der Waals surface area contributed by atoms with Crippen LogP contribution in [0.3, 0.4) is 0 Å². The number of nitriles is 1. The van der Waals surface area contributed by atoms with Gasteiger partial charge in [0.05, 0.1) is 17.9 Å². The fraction of sp³-hybridized carbons (Fsp3) is 0.316. The molecule has 1 heterocycles. The molecule has 0 saturated heterocycles. The van der Waals surface area contributed by atoms with E-state index in [4.69, 9.17) is 4.74 Å². The minimum atomic E-state index is -0.370. The number of hydrogen-bond donors (Lipinski definition) is 1. The van der Waals surface area contributed by atoms with Crippen LogP contribution in [0.2, 0.25) is 0 Å². The Morgan fingerprint density at radius 1 is 1.40 bits per heavy atom. The van der Waals surface area contributed by atoms with Gasteiger partial charge in [-0.05, 0) is 49.9 Å². The summed E-state index contributed by atoms with van der Waals surface area (Å²) in [4.78, 5) is 17.1. The summed E-state index contributed by atoms with van der Waals surface area (Å²) in [5.74, 6) is 0.551. The summed E-state index contributed by atoms with van der Waals surface area (Å²) < 4.78 is 5.16. The van der Waals surface area contributed by atoms with Crippen LogP contribution in [0.4, 0.5) is 5.69 Å². The molecule has 1 aliphatic rings. The molecule has 0 aliphatic heterocycles. The first kappa shape index (κ1) is 17.3. The molecule has 1 amide bonds. The van der Waals surface area contributed by atoms with Gasteiger partial charge in [-0.25, -0.2) is 4.98 Å². The number of ether oxygens (including phenoxy) is 1. The normalized spacial score (nSPS) is 13.6. The fourth-order valence-electron chi connectivity index (χ4n) is 2.79. The van der Waals surface area contributed by atoms with E-state index in [9.17, 15) is 10.1 Å². The van der Waals surface area contributed by atoms with Gasteiger partial charge in [0.2, 0.25) is 5.91 Å². The highest BCUT2D eigenvalue weighted by atomic mass is 32.2. The lowest BCUT2D eigenvalue weighted by Gasteiger charge is -2.13. The molecule has 5 nitrogen and oxygen atoms in total. The maximum absolute atomic E-state index is 12.5. The number of nitrogens with zero attached hydrogens (tertiary/aromatic N) is 2. The molecule has 6 heteroatoms. The molecule has 1 N–H and O–H groups in total. The quantitative estimate of drug-likeness (QED) is 0.832. The van der Waals surface area contributed by atoms with Crippen molar-refractivity contribution in [1.82, 2.24) is 4.98 Å². The molecule has 0 bridgehead atoms. The van der Waals surface area contributed by atoms with Crippen molar-refractivity contribution in [1.29, 1.82) is 5.26 Å². The van der Waals surface area contributed by atoms with Gasteiger partial charge in [-0.15, -0.1) is 0 Å². The number of thioether (sulfide) groups is 1. The molecule has 25 heavy (non-hydrogen) atoms. The van der Waals surface area contributed by atoms with Gasteiger partial charge in [-0.2, -0.15) is 5.26 Å². The van der Waals surface area contributed by atoms with E-state index in [1.165, 1.54) is 11.8 Å². The topological polar surface area (TPSA) is 75.0 Å². The molecule has 0 saturated carbocycles. The number of carbonyl (C=O) groups is 1. The van der Waals surface area contributed by atoms with Gasteiger partial charge in [0.15, 0.2) is 0 Å². The average molecular weight is 353 g/mol. The molecular weight excluding hydrogens is 334 g/mol. The third kappa shape index (κ3) is 3.94. The van der Waals surface area contributed by atoms with Crippen molar-refractivity contribution in [3.8, 4) is 11.8 Å². The fourth-order valence-corrected chi connectivity index (χ4v) is 3.68. The lowest BCUT2D eigenvalue weighted by Crippen LogP contribution is -2.22. The Balaban J connectivity index is 1.72. The van der Waals surface area contributed by atoms with Crippen LogP contribution in [-0.4, -0.2) is 23.3 Å². The van der Waals surface area contributed by atoms with Crippen molar-refractivity contribution < 1.29 is 9.53 Å². The first-order valence-electron chi connectivity index (χ1n) is 8.15. The summed E-state index contributed by atoms with van der Waals surface area (Å²) in [6, 6.07) is 11.3. The van der Waals surface area contributed by atoms with E-state index < -0.39 is 0 Å². The van der Waals surface area contributed by atoms with Crippen molar-refractivity contribution in [2.45, 2.75) is 36.5 Å². The molecule has 3 rings (SSSR count). The maximum atomic E-state index is 12.5. The zero-order chi connectivity index (χ0) is 17.8. The molecule has 0 spiro atoms. The smallest absolute Gasteiger partial charge is 0.237 e. The predicted molar refractivity (Wildman–Crippen MR) is 97.9 cm³/mol. The van der Waals surface area contributed by atoms with Crippen molar-refractivity contribution in [2.24, 2.45) is 0 Å². The molecule has 1 aromatic heterocycles. The molecule has 1 unspecified atom stereocenters. The van der Waals surface area contributed by atoms with E-state index >= 15 is 0 Å². The number of amides is 1. The van der Waals surface area contributed by atoms with Gasteiger partial charge < -0.3 is 10.1 Å². The summed E-state index contributed by atoms with van der Waals surface area (Å²) in [5.41, 5.74) is 3.45. The summed E-state index contributed by atoms with van der Waals surface area (Å²) in [7, 11) is 1.59. The average Bonchev–Trinajstić information content (AvgIpc) is 3.08. The van der Waals surface area contributed by atoms with Crippen LogP contribution in [0.25, 0.3) is 0 Å². The Bertz CT molecular complexity index is 845. The highest BCUT2D eigenvalue weighted by Crippen LogP contribution is 2.30. The number of benzene rings is 1. The Kier molecular flexibility index (Phi) is 5.25. The Morgan fingerprint density at radius 2 is 2.24 bits per heavy atom. The van der Waals surface area contributed by atoms with E-state index in [0.29, 0.717) is 22.0 Å². The Morgan fingerprint density at radius 3 is 3.00 bits per heavy atom. The Labute approximate surface area is 151 Å². The van der Waals surface area contributed by atoms with Crippen molar-refractivity contribution >= 4 is 23.4 Å². The number of aryl methyl sites for hydroxylation is 2. The van der Waals surface area contributed by atoms with Crippen LogP contribution in [0.1, 0.15) is 30.2 Å². The van der Waals surface area contributed by atoms with Crippen LogP contribution < -0.4 is 10.1 Å². The number of methoxy groups -OCH3 is 1. The van der Waals surface area contributed by atoms with Crippen LogP contribution in [0.5, 0.6) is 5.75 Å². The van der Waals surface area contributed by atoms with E-state index in [1.54, 1.807) is 13.2 Å². The minimum absolute atomic E-state index is 0.135. The van der Waals surface area contributed by atoms with Gasteiger partial charge in [0, 0.05) is 17.4 Å². The molecule has 0 radical (unpaired) electrons. The van der Waals surface area contributed by atoms with Crippen molar-refractivity contribution in [3.05, 3.63) is 47.2 Å². The number of fused-ring (bicyclic) bond motifs is 1. The summed E-state index contributed by atoms with van der Waals surface area (Å²) in [6.07, 6.45) is 3.00. The largest absolute Gasteiger partial charge is 0.497 e. The van der Waals surface area contributed by atoms with E-state index in [0.717, 1.165) is 30.5 Å². The number of pyridine rings is 1. The molecule has 1 aromatic carbocycles. The van der Waals surface area contributed by atoms with Crippen LogP contribution >= 0.6 is 11.8 Å². The molecule has 1 aliphatic carbocycles. The third-order valence-corrected chi connectivity index (χ3v) is 5.23. The maximum Gasteiger partial charge on any atom is 0.237 e. The molecule has 0 fully saturated rings. The lowest BCUT2D eigenvalue weighted by atomic mass is 10.2. The number of carbonyl (C=O) groups excluding carboxylic acids is 1. The van der Waals surface area contributed by atoms with Gasteiger partial charge in [0.25, 0.3) is 0 Å². The van der Waals surface area contributed by atoms with Crippen LogP contribution in [-0.2, 0) is 17.6 Å². The van der Waals surface area contributed by atoms with E-state index in [1.807, 2.05) is 31.2 Å². The van der Waals surface area contributed by atoms with Crippen molar-refractivity contribution in [3.63, 3.8) is 0 Å². The second kappa shape index (κ2) is 7.58. The van der Waals surface area contributed by atoms with Gasteiger partial charge in [0.1, 0.15) is 16.8 Å². The second-order valence-electron chi connectivity index (χ2n) is 5.89. The standard InChI is InChI=1S/C19H19N3O2S/c1-12(18(23)21-15-6-4-7-16(10-15)24-2)25-19-14(11-20)9-13-5-3-8-17(13)22-19/h4,6-7,9-10,12H,3,5,8H2,1-2H3,(H,21,23). The monoisotopic (exact) mass is 353 g/mol. The Hall–Kier alpha value is -2.52. The summed E-state index contributed by atoms with van der Waals surface area (Å²) in [5, 5.41) is 12.5. The second-order valence-corrected chi connectivity index (χ2v) is 7.22. The van der Waals surface area contributed by atoms with Crippen LogP contribution in [0, 0.1) is 11.3 Å². The zero-order valence-corrected chi connectivity index (χ0v) is 15.0.